The molecule has 1 atom stereocenters. The average Bonchev–Trinajstić information content (AvgIpc) is 2.79. The first-order valence-corrected chi connectivity index (χ1v) is 11.8. The number of carbonyl (C=O) groups excluding carboxylic acids is 2. The van der Waals surface area contributed by atoms with Gasteiger partial charge in [-0.25, -0.2) is 8.42 Å². The van der Waals surface area contributed by atoms with Gasteiger partial charge < -0.3 is 15.0 Å². The summed E-state index contributed by atoms with van der Waals surface area (Å²) in [7, 11) is -3.90. The number of anilines is 3. The molecule has 3 aromatic rings. The van der Waals surface area contributed by atoms with Crippen LogP contribution < -0.4 is 19.7 Å². The molecule has 1 aliphatic rings. The Kier molecular flexibility index (Phi) is 6.26. The Morgan fingerprint density at radius 2 is 1.73 bits per heavy atom. The predicted molar refractivity (Wildman–Crippen MR) is 126 cm³/mol. The van der Waals surface area contributed by atoms with Gasteiger partial charge in [0.1, 0.15) is 5.75 Å². The molecule has 0 bridgehead atoms. The number of sulfonamides is 1. The Morgan fingerprint density at radius 3 is 2.45 bits per heavy atom. The lowest BCUT2D eigenvalue weighted by Crippen LogP contribution is -2.48. The molecular weight excluding hydrogens is 466 g/mol. The van der Waals surface area contributed by atoms with Gasteiger partial charge in [0, 0.05) is 23.3 Å². The fourth-order valence-electron chi connectivity index (χ4n) is 3.36. The zero-order valence-electron chi connectivity index (χ0n) is 17.5. The molecule has 0 fully saturated rings. The highest BCUT2D eigenvalue weighted by molar-refractivity contribution is 7.92. The minimum atomic E-state index is -3.90. The molecule has 0 aromatic heterocycles. The number of halogens is 1. The van der Waals surface area contributed by atoms with E-state index in [0.29, 0.717) is 22.1 Å². The lowest BCUT2D eigenvalue weighted by molar-refractivity contribution is -0.123. The normalized spacial score (nSPS) is 15.2. The highest BCUT2D eigenvalue weighted by Gasteiger charge is 2.32. The molecule has 0 spiro atoms. The largest absolute Gasteiger partial charge is 0.476 e. The van der Waals surface area contributed by atoms with Crippen LogP contribution in [0.4, 0.5) is 17.1 Å². The second kappa shape index (κ2) is 9.13. The molecule has 0 radical (unpaired) electrons. The summed E-state index contributed by atoms with van der Waals surface area (Å²) in [5.41, 5.74) is 1.22. The molecule has 0 saturated heterocycles. The number of nitrogens with zero attached hydrogens (tertiary/aromatic N) is 1. The highest BCUT2D eigenvalue weighted by Crippen LogP contribution is 2.33. The third-order valence-corrected chi connectivity index (χ3v) is 6.59. The van der Waals surface area contributed by atoms with Crippen molar-refractivity contribution in [2.45, 2.75) is 17.9 Å². The van der Waals surface area contributed by atoms with Crippen LogP contribution in [0.2, 0.25) is 5.02 Å². The lowest BCUT2D eigenvalue weighted by Gasteiger charge is -2.33. The van der Waals surface area contributed by atoms with Crippen molar-refractivity contribution in [1.82, 2.24) is 0 Å². The maximum atomic E-state index is 12.9. The molecule has 0 unspecified atom stereocenters. The van der Waals surface area contributed by atoms with Gasteiger partial charge in [0.05, 0.1) is 17.1 Å². The Bertz CT molecular complexity index is 1310. The summed E-state index contributed by atoms with van der Waals surface area (Å²) >= 11 is 5.84. The summed E-state index contributed by atoms with van der Waals surface area (Å²) in [6, 6.07) is 19.0. The molecule has 0 aliphatic carbocycles. The van der Waals surface area contributed by atoms with Crippen molar-refractivity contribution in [1.29, 1.82) is 0 Å². The first-order valence-electron chi connectivity index (χ1n) is 9.96. The van der Waals surface area contributed by atoms with Crippen molar-refractivity contribution in [2.24, 2.45) is 0 Å². The van der Waals surface area contributed by atoms with E-state index in [-0.39, 0.29) is 23.0 Å². The van der Waals surface area contributed by atoms with Crippen LogP contribution >= 0.6 is 11.6 Å². The van der Waals surface area contributed by atoms with E-state index in [2.05, 4.69) is 10.0 Å². The van der Waals surface area contributed by atoms with Crippen molar-refractivity contribution in [3.8, 4) is 5.75 Å². The van der Waals surface area contributed by atoms with Crippen LogP contribution in [0.3, 0.4) is 0 Å². The molecule has 2 amide bonds. The summed E-state index contributed by atoms with van der Waals surface area (Å²) in [6.07, 6.45) is -0.962. The van der Waals surface area contributed by atoms with E-state index in [1.807, 2.05) is 0 Å². The first-order chi connectivity index (χ1) is 15.7. The second-order valence-electron chi connectivity index (χ2n) is 7.33. The van der Waals surface area contributed by atoms with Crippen molar-refractivity contribution in [3.05, 3.63) is 77.8 Å². The third-order valence-electron chi connectivity index (χ3n) is 4.95. The quantitative estimate of drug-likeness (QED) is 0.570. The lowest BCUT2D eigenvalue weighted by atomic mass is 10.1. The number of hydrogen-bond acceptors (Lipinski definition) is 5. The van der Waals surface area contributed by atoms with Crippen molar-refractivity contribution in [2.75, 3.05) is 21.5 Å². The van der Waals surface area contributed by atoms with E-state index < -0.39 is 22.0 Å². The fourth-order valence-corrected chi connectivity index (χ4v) is 4.59. The minimum absolute atomic E-state index is 0.0319. The SMILES string of the molecule is CC(=O)N1C[C@@H](C(=O)Nc2cccc(S(=O)(=O)Nc3ccc(Cl)cc3)c2)Oc2ccccc21. The third kappa shape index (κ3) is 5.10. The first kappa shape index (κ1) is 22.6. The summed E-state index contributed by atoms with van der Waals surface area (Å²) in [5, 5.41) is 3.16. The van der Waals surface area contributed by atoms with Gasteiger partial charge in [-0.15, -0.1) is 0 Å². The smallest absolute Gasteiger partial charge is 0.267 e. The van der Waals surface area contributed by atoms with Gasteiger partial charge in [-0.2, -0.15) is 0 Å². The number of benzene rings is 3. The number of rotatable bonds is 5. The van der Waals surface area contributed by atoms with Gasteiger partial charge in [-0.3, -0.25) is 14.3 Å². The molecule has 170 valence electrons. The fraction of sp³-hybridized carbons (Fsp3) is 0.130. The second-order valence-corrected chi connectivity index (χ2v) is 9.45. The zero-order valence-corrected chi connectivity index (χ0v) is 19.1. The minimum Gasteiger partial charge on any atom is -0.476 e. The Morgan fingerprint density at radius 1 is 1.00 bits per heavy atom. The van der Waals surface area contributed by atoms with E-state index in [0.717, 1.165) is 0 Å². The van der Waals surface area contributed by atoms with E-state index in [4.69, 9.17) is 16.3 Å². The molecule has 3 aromatic carbocycles. The summed E-state index contributed by atoms with van der Waals surface area (Å²) in [4.78, 5) is 26.4. The van der Waals surface area contributed by atoms with Crippen LogP contribution in [-0.4, -0.2) is 32.9 Å². The van der Waals surface area contributed by atoms with Gasteiger partial charge in [-0.05, 0) is 54.6 Å². The van der Waals surface area contributed by atoms with Gasteiger partial charge in [0.15, 0.2) is 6.10 Å². The van der Waals surface area contributed by atoms with Crippen LogP contribution in [-0.2, 0) is 19.6 Å². The zero-order chi connectivity index (χ0) is 23.6. The molecule has 1 aliphatic heterocycles. The molecule has 4 rings (SSSR count). The number of carbonyl (C=O) groups is 2. The highest BCUT2D eigenvalue weighted by atomic mass is 35.5. The topological polar surface area (TPSA) is 105 Å². The van der Waals surface area contributed by atoms with Crippen molar-refractivity contribution < 1.29 is 22.7 Å². The van der Waals surface area contributed by atoms with E-state index in [1.54, 1.807) is 54.6 Å². The van der Waals surface area contributed by atoms with Gasteiger partial charge >= 0.3 is 0 Å². The standard InChI is InChI=1S/C23H20ClN3O5S/c1-15(28)27-14-22(32-21-8-3-2-7-20(21)27)23(29)25-18-5-4-6-19(13-18)33(30,31)26-17-11-9-16(24)10-12-17/h2-13,22,26H,14H2,1H3,(H,25,29)/t22-/m0/s1. The van der Waals surface area contributed by atoms with E-state index in [1.165, 1.54) is 30.0 Å². The molecule has 33 heavy (non-hydrogen) atoms. The van der Waals surface area contributed by atoms with Gasteiger partial charge in [0.25, 0.3) is 15.9 Å². The number of para-hydroxylation sites is 2. The van der Waals surface area contributed by atoms with Crippen LogP contribution in [0.15, 0.2) is 77.7 Å². The predicted octanol–water partition coefficient (Wildman–Crippen LogP) is 3.89. The molecule has 0 saturated carbocycles. The molecule has 1 heterocycles. The number of hydrogen-bond donors (Lipinski definition) is 2. The summed E-state index contributed by atoms with van der Waals surface area (Å²) < 4.78 is 33.8. The molecular formula is C23H20ClN3O5S. The van der Waals surface area contributed by atoms with Crippen molar-refractivity contribution in [3.63, 3.8) is 0 Å². The van der Waals surface area contributed by atoms with Crippen LogP contribution in [0.25, 0.3) is 0 Å². The Balaban J connectivity index is 1.51. The summed E-state index contributed by atoms with van der Waals surface area (Å²) in [6.45, 7) is 1.45. The number of amides is 2. The number of ether oxygens (including phenoxy) is 1. The average molecular weight is 486 g/mol. The number of fused-ring (bicyclic) bond motifs is 1. The van der Waals surface area contributed by atoms with E-state index >= 15 is 0 Å². The van der Waals surface area contributed by atoms with E-state index in [9.17, 15) is 18.0 Å². The Hall–Kier alpha value is -3.56. The monoisotopic (exact) mass is 485 g/mol. The molecule has 2 N–H and O–H groups in total. The van der Waals surface area contributed by atoms with Gasteiger partial charge in [0.2, 0.25) is 5.91 Å². The van der Waals surface area contributed by atoms with Crippen molar-refractivity contribution >= 4 is 50.5 Å². The molecule has 8 nitrogen and oxygen atoms in total. The maximum absolute atomic E-state index is 12.9. The van der Waals surface area contributed by atoms with Crippen LogP contribution in [0.1, 0.15) is 6.92 Å². The van der Waals surface area contributed by atoms with Gasteiger partial charge in [-0.1, -0.05) is 29.8 Å². The van der Waals surface area contributed by atoms with Crippen LogP contribution in [0.5, 0.6) is 5.75 Å². The Labute approximate surface area is 196 Å². The van der Waals surface area contributed by atoms with Crippen LogP contribution in [0, 0.1) is 0 Å². The maximum Gasteiger partial charge on any atom is 0.267 e. The molecule has 10 heteroatoms. The summed E-state index contributed by atoms with van der Waals surface area (Å²) in [5.74, 6) is -0.302. The number of nitrogens with one attached hydrogen (secondary N) is 2.